The Hall–Kier alpha value is -3.42. The molecule has 1 saturated heterocycles. The smallest absolute Gasteiger partial charge is 0.321 e. The SMILES string of the molecule is Cc1cc(-c2ccn(C)n2)nc2cc(N3CCNC3=O)ccc12.O=CO. The van der Waals surface area contributed by atoms with Crippen LogP contribution in [0.5, 0.6) is 0 Å². The summed E-state index contributed by atoms with van der Waals surface area (Å²) in [7, 11) is 1.89. The standard InChI is InChI=1S/C17H17N5O.CH2O2/c1-11-9-16(14-5-7-21(2)20-14)19-15-10-12(3-4-13(11)15)22-8-6-18-17(22)23;2-1-3/h3-5,7,9-10H,6,8H2,1-2H3,(H,18,23);1H,(H,2,3). The van der Waals surface area contributed by atoms with Crippen LogP contribution in [0.1, 0.15) is 5.56 Å². The van der Waals surface area contributed by atoms with Gasteiger partial charge in [0.25, 0.3) is 6.47 Å². The number of hydrogen-bond donors (Lipinski definition) is 2. The van der Waals surface area contributed by atoms with E-state index in [0.717, 1.165) is 33.5 Å². The number of hydrogen-bond acceptors (Lipinski definition) is 4. The highest BCUT2D eigenvalue weighted by atomic mass is 16.3. The Balaban J connectivity index is 0.000000613. The van der Waals surface area contributed by atoms with Gasteiger partial charge in [-0.3, -0.25) is 14.4 Å². The molecular formula is C18H19N5O3. The lowest BCUT2D eigenvalue weighted by atomic mass is 10.1. The van der Waals surface area contributed by atoms with Gasteiger partial charge in [-0.15, -0.1) is 0 Å². The topological polar surface area (TPSA) is 100 Å². The van der Waals surface area contributed by atoms with Crippen molar-refractivity contribution in [2.75, 3.05) is 18.0 Å². The molecule has 0 bridgehead atoms. The van der Waals surface area contributed by atoms with Crippen molar-refractivity contribution in [3.63, 3.8) is 0 Å². The molecule has 0 saturated carbocycles. The molecule has 8 heteroatoms. The molecular weight excluding hydrogens is 334 g/mol. The van der Waals surface area contributed by atoms with Crippen LogP contribution in [-0.2, 0) is 11.8 Å². The van der Waals surface area contributed by atoms with Crippen molar-refractivity contribution in [3.8, 4) is 11.4 Å². The molecule has 1 aliphatic heterocycles. The van der Waals surface area contributed by atoms with Gasteiger partial charge in [0.2, 0.25) is 0 Å². The van der Waals surface area contributed by atoms with Crippen molar-refractivity contribution in [1.82, 2.24) is 20.1 Å². The summed E-state index contributed by atoms with van der Waals surface area (Å²) < 4.78 is 1.77. The second kappa shape index (κ2) is 7.22. The number of aryl methyl sites for hydroxylation is 2. The Labute approximate surface area is 150 Å². The number of nitrogens with zero attached hydrogens (tertiary/aromatic N) is 4. The molecule has 2 N–H and O–H groups in total. The summed E-state index contributed by atoms with van der Waals surface area (Å²) in [6.45, 7) is 3.18. The summed E-state index contributed by atoms with van der Waals surface area (Å²) in [6.07, 6.45) is 1.90. The van der Waals surface area contributed by atoms with Gasteiger partial charge in [0.1, 0.15) is 5.69 Å². The van der Waals surface area contributed by atoms with Crippen molar-refractivity contribution < 1.29 is 14.7 Å². The van der Waals surface area contributed by atoms with Crippen LogP contribution in [0.25, 0.3) is 22.3 Å². The van der Waals surface area contributed by atoms with E-state index in [1.165, 1.54) is 0 Å². The summed E-state index contributed by atoms with van der Waals surface area (Å²) in [4.78, 5) is 26.7. The number of nitrogens with one attached hydrogen (secondary N) is 1. The summed E-state index contributed by atoms with van der Waals surface area (Å²) in [5.74, 6) is 0. The molecule has 8 nitrogen and oxygen atoms in total. The quantitative estimate of drug-likeness (QED) is 0.688. The summed E-state index contributed by atoms with van der Waals surface area (Å²) in [6, 6.07) is 9.92. The molecule has 0 spiro atoms. The van der Waals surface area contributed by atoms with Crippen molar-refractivity contribution in [2.45, 2.75) is 6.92 Å². The average Bonchev–Trinajstić information content (AvgIpc) is 3.23. The molecule has 3 aromatic rings. The fourth-order valence-corrected chi connectivity index (χ4v) is 2.96. The zero-order valence-electron chi connectivity index (χ0n) is 14.5. The van der Waals surface area contributed by atoms with Gasteiger partial charge in [0.05, 0.1) is 11.2 Å². The maximum Gasteiger partial charge on any atom is 0.321 e. The summed E-state index contributed by atoms with van der Waals surface area (Å²) in [5.41, 5.74) is 4.59. The first-order chi connectivity index (χ1) is 12.5. The molecule has 134 valence electrons. The Bertz CT molecular complexity index is 967. The van der Waals surface area contributed by atoms with E-state index in [9.17, 15) is 4.79 Å². The highest BCUT2D eigenvalue weighted by molar-refractivity contribution is 5.97. The number of benzene rings is 1. The third-order valence-electron chi connectivity index (χ3n) is 4.14. The fraction of sp³-hybridized carbons (Fsp3) is 0.222. The lowest BCUT2D eigenvalue weighted by molar-refractivity contribution is -0.122. The Kier molecular flexibility index (Phi) is 4.83. The van der Waals surface area contributed by atoms with E-state index in [0.29, 0.717) is 13.1 Å². The van der Waals surface area contributed by atoms with E-state index in [2.05, 4.69) is 17.3 Å². The van der Waals surface area contributed by atoms with Crippen LogP contribution in [0.15, 0.2) is 36.5 Å². The summed E-state index contributed by atoms with van der Waals surface area (Å²) in [5, 5.41) is 15.2. The lowest BCUT2D eigenvalue weighted by Crippen LogP contribution is -2.27. The number of rotatable bonds is 2. The molecule has 0 atom stereocenters. The molecule has 1 aromatic carbocycles. The molecule has 2 aromatic heterocycles. The summed E-state index contributed by atoms with van der Waals surface area (Å²) >= 11 is 0. The monoisotopic (exact) mass is 353 g/mol. The normalized spacial score (nSPS) is 13.3. The minimum Gasteiger partial charge on any atom is -0.483 e. The van der Waals surface area contributed by atoms with E-state index in [1.807, 2.05) is 43.6 Å². The Morgan fingerprint density at radius 1 is 1.23 bits per heavy atom. The van der Waals surface area contributed by atoms with Gasteiger partial charge >= 0.3 is 6.03 Å². The van der Waals surface area contributed by atoms with Crippen molar-refractivity contribution in [3.05, 3.63) is 42.1 Å². The number of urea groups is 1. The zero-order valence-corrected chi connectivity index (χ0v) is 14.5. The number of pyridine rings is 1. The fourth-order valence-electron chi connectivity index (χ4n) is 2.96. The van der Waals surface area contributed by atoms with Crippen LogP contribution >= 0.6 is 0 Å². The average molecular weight is 353 g/mol. The van der Waals surface area contributed by atoms with Crippen molar-refractivity contribution in [1.29, 1.82) is 0 Å². The first-order valence-electron chi connectivity index (χ1n) is 8.08. The van der Waals surface area contributed by atoms with Gasteiger partial charge in [0, 0.05) is 37.4 Å². The molecule has 2 amide bonds. The van der Waals surface area contributed by atoms with Crippen LogP contribution in [0.3, 0.4) is 0 Å². The van der Waals surface area contributed by atoms with Gasteiger partial charge in [-0.25, -0.2) is 9.78 Å². The van der Waals surface area contributed by atoms with Gasteiger partial charge in [-0.1, -0.05) is 6.07 Å². The molecule has 1 aliphatic rings. The number of carboxylic acid groups (broad SMARTS) is 1. The number of amides is 2. The molecule has 3 heterocycles. The van der Waals surface area contributed by atoms with E-state index in [-0.39, 0.29) is 12.5 Å². The maximum absolute atomic E-state index is 11.9. The third-order valence-corrected chi connectivity index (χ3v) is 4.14. The van der Waals surface area contributed by atoms with Gasteiger partial charge in [-0.05, 0) is 36.8 Å². The molecule has 0 radical (unpaired) electrons. The van der Waals surface area contributed by atoms with E-state index < -0.39 is 0 Å². The van der Waals surface area contributed by atoms with Gasteiger partial charge in [-0.2, -0.15) is 5.10 Å². The van der Waals surface area contributed by atoms with Crippen LogP contribution in [0.2, 0.25) is 0 Å². The number of carbonyl (C=O) groups is 2. The highest BCUT2D eigenvalue weighted by Gasteiger charge is 2.21. The number of aromatic nitrogens is 3. The van der Waals surface area contributed by atoms with E-state index in [4.69, 9.17) is 14.9 Å². The number of anilines is 1. The highest BCUT2D eigenvalue weighted by Crippen LogP contribution is 2.27. The first kappa shape index (κ1) is 17.4. The van der Waals surface area contributed by atoms with Crippen LogP contribution in [0.4, 0.5) is 10.5 Å². The predicted octanol–water partition coefficient (Wildman–Crippen LogP) is 2.17. The van der Waals surface area contributed by atoms with Crippen molar-refractivity contribution in [2.24, 2.45) is 7.05 Å². The minimum atomic E-state index is -0.250. The first-order valence-corrected chi connectivity index (χ1v) is 8.08. The van der Waals surface area contributed by atoms with Gasteiger partial charge < -0.3 is 10.4 Å². The lowest BCUT2D eigenvalue weighted by Gasteiger charge is -2.15. The van der Waals surface area contributed by atoms with Crippen LogP contribution in [-0.4, -0.2) is 45.5 Å². The Morgan fingerprint density at radius 2 is 2.00 bits per heavy atom. The van der Waals surface area contributed by atoms with E-state index >= 15 is 0 Å². The van der Waals surface area contributed by atoms with Crippen LogP contribution in [0, 0.1) is 6.92 Å². The van der Waals surface area contributed by atoms with Crippen LogP contribution < -0.4 is 10.2 Å². The molecule has 4 rings (SSSR count). The molecule has 26 heavy (non-hydrogen) atoms. The Morgan fingerprint density at radius 3 is 2.62 bits per heavy atom. The second-order valence-electron chi connectivity index (χ2n) is 5.89. The second-order valence-corrected chi connectivity index (χ2v) is 5.89. The van der Waals surface area contributed by atoms with Crippen molar-refractivity contribution >= 4 is 29.1 Å². The van der Waals surface area contributed by atoms with Gasteiger partial charge in [0.15, 0.2) is 0 Å². The molecule has 0 aliphatic carbocycles. The zero-order chi connectivity index (χ0) is 18.7. The maximum atomic E-state index is 11.9. The predicted molar refractivity (Wildman–Crippen MR) is 98.1 cm³/mol. The number of carbonyl (C=O) groups excluding carboxylic acids is 1. The molecule has 1 fully saturated rings. The third kappa shape index (κ3) is 3.34. The largest absolute Gasteiger partial charge is 0.483 e. The van der Waals surface area contributed by atoms with E-state index in [1.54, 1.807) is 9.58 Å². The molecule has 0 unspecified atom stereocenters. The number of fused-ring (bicyclic) bond motifs is 1. The minimum absolute atomic E-state index is 0.0537.